The lowest BCUT2D eigenvalue weighted by Gasteiger charge is -2.23. The van der Waals surface area contributed by atoms with E-state index in [1.807, 2.05) is 12.3 Å². The first-order valence-electron chi connectivity index (χ1n) is 22.3. The number of benzene rings is 7. The molecule has 6 nitrogen and oxygen atoms in total. The monoisotopic (exact) mass is 831 g/mol. The van der Waals surface area contributed by atoms with Crippen LogP contribution in [0.4, 0.5) is 11.4 Å². The van der Waals surface area contributed by atoms with Crippen LogP contribution in [0.3, 0.4) is 0 Å². The Morgan fingerprint density at radius 3 is 2.00 bits per heavy atom. The summed E-state index contributed by atoms with van der Waals surface area (Å²) in [5.74, 6) is 2.41. The van der Waals surface area contributed by atoms with Crippen molar-refractivity contribution in [3.05, 3.63) is 187 Å². The number of hydrogen-bond acceptors (Lipinski definition) is 4. The first-order chi connectivity index (χ1) is 31.0. The number of nitrogens with zero attached hydrogens (tertiary/aromatic N) is 5. The molecule has 12 rings (SSSR count). The van der Waals surface area contributed by atoms with Gasteiger partial charge in [-0.1, -0.05) is 120 Å². The number of aromatic nitrogens is 3. The third-order valence-corrected chi connectivity index (χ3v) is 13.3. The van der Waals surface area contributed by atoms with E-state index in [-0.39, 0.29) is 10.8 Å². The average molecular weight is 832 g/mol. The lowest BCUT2D eigenvalue weighted by Crippen LogP contribution is -2.24. The molecule has 0 saturated heterocycles. The second kappa shape index (κ2) is 14.0. The molecule has 5 heterocycles. The van der Waals surface area contributed by atoms with Crippen LogP contribution in [0.5, 0.6) is 11.5 Å². The third kappa shape index (κ3) is 5.96. The van der Waals surface area contributed by atoms with Gasteiger partial charge in [-0.15, -0.1) is 0 Å². The van der Waals surface area contributed by atoms with Gasteiger partial charge in [0.2, 0.25) is 0 Å². The quantitative estimate of drug-likeness (QED) is 0.173. The molecule has 0 saturated carbocycles. The minimum atomic E-state index is -0.0587. The smallest absolute Gasteiger partial charge is 0.137 e. The maximum Gasteiger partial charge on any atom is 0.137 e. The van der Waals surface area contributed by atoms with Gasteiger partial charge in [0, 0.05) is 74.8 Å². The Labute approximate surface area is 373 Å². The van der Waals surface area contributed by atoms with Crippen LogP contribution in [0.1, 0.15) is 52.7 Å². The Morgan fingerprint density at radius 2 is 1.19 bits per heavy atom. The highest BCUT2D eigenvalue weighted by Crippen LogP contribution is 2.51. The van der Waals surface area contributed by atoms with Crippen LogP contribution in [0.2, 0.25) is 0 Å². The molecule has 2 aliphatic heterocycles. The Morgan fingerprint density at radius 1 is 0.484 bits per heavy atom. The molecule has 10 aromatic rings. The van der Waals surface area contributed by atoms with Crippen LogP contribution >= 0.6 is 0 Å². The Kier molecular flexibility index (Phi) is 8.32. The van der Waals surface area contributed by atoms with Crippen LogP contribution in [0, 0.1) is 0 Å². The molecule has 312 valence electrons. The van der Waals surface area contributed by atoms with Crippen molar-refractivity contribution in [2.45, 2.75) is 52.4 Å². The summed E-state index contributed by atoms with van der Waals surface area (Å²) >= 11 is 0. The van der Waals surface area contributed by atoms with Gasteiger partial charge in [-0.3, -0.25) is 4.57 Å². The number of ether oxygens (including phenoxy) is 1. The van der Waals surface area contributed by atoms with Crippen LogP contribution in [0.25, 0.3) is 77.4 Å². The Balaban J connectivity index is 1.01. The molecule has 0 fully saturated rings. The summed E-state index contributed by atoms with van der Waals surface area (Å²) in [4.78, 5) is 9.61. The molecule has 0 bridgehead atoms. The van der Waals surface area contributed by atoms with Gasteiger partial charge < -0.3 is 19.1 Å². The van der Waals surface area contributed by atoms with E-state index in [1.54, 1.807) is 0 Å². The average Bonchev–Trinajstić information content (AvgIpc) is 4.00. The van der Waals surface area contributed by atoms with Gasteiger partial charge in [-0.25, -0.2) is 4.98 Å². The van der Waals surface area contributed by atoms with Gasteiger partial charge >= 0.3 is 0 Å². The highest BCUT2D eigenvalue weighted by molar-refractivity contribution is 6.22. The van der Waals surface area contributed by atoms with Crippen LogP contribution in [-0.4, -0.2) is 20.8 Å². The molecular formula is C58H49N5O. The molecule has 64 heavy (non-hydrogen) atoms. The van der Waals surface area contributed by atoms with Crippen molar-refractivity contribution in [1.82, 2.24) is 14.1 Å². The zero-order chi connectivity index (χ0) is 43.5. The second-order valence-electron chi connectivity index (χ2n) is 19.4. The highest BCUT2D eigenvalue weighted by atomic mass is 16.5. The van der Waals surface area contributed by atoms with Crippen LogP contribution < -0.4 is 14.5 Å². The molecule has 0 aliphatic carbocycles. The third-order valence-electron chi connectivity index (χ3n) is 13.3. The number of fused-ring (bicyclic) bond motifs is 12. The zero-order valence-electron chi connectivity index (χ0n) is 37.1. The van der Waals surface area contributed by atoms with E-state index in [1.165, 1.54) is 71.9 Å². The van der Waals surface area contributed by atoms with Gasteiger partial charge in [-0.2, -0.15) is 0 Å². The van der Waals surface area contributed by atoms with E-state index < -0.39 is 0 Å². The minimum absolute atomic E-state index is 0.0587. The fraction of sp³-hybridized carbons (Fsp3) is 0.155. The maximum atomic E-state index is 6.81. The van der Waals surface area contributed by atoms with Crippen molar-refractivity contribution in [2.75, 3.05) is 16.5 Å². The van der Waals surface area contributed by atoms with Crippen molar-refractivity contribution in [2.24, 2.45) is 0 Å². The SMILES string of the molecule is CC(C)(C)c1ccc(N2C=CN(c3cccc(Oc4ccc5c6c7c(ccc6n(-c6cc(C(C)(C)C)ccn6)c5c4)-n4c5ccccc5c5cccc(c54)-c4ccccc4-7)c3)C2)cc1. The molecule has 0 amide bonds. The van der Waals surface area contributed by atoms with Crippen molar-refractivity contribution in [1.29, 1.82) is 0 Å². The molecule has 0 N–H and O–H groups in total. The van der Waals surface area contributed by atoms with Gasteiger partial charge in [0.05, 0.1) is 34.4 Å². The summed E-state index contributed by atoms with van der Waals surface area (Å²) in [6, 6.07) is 57.4. The number of para-hydroxylation sites is 2. The van der Waals surface area contributed by atoms with E-state index in [9.17, 15) is 0 Å². The standard InChI is InChI=1S/C58H49N5O/c1-57(2,3)37-21-23-39(24-22-37)60-31-32-61(36-60)40-13-11-14-41(34-40)64-42-25-26-48-52(35-42)62(53-33-38(29-30-59-53)58(4,5)6)50-27-28-51-54(55(48)50)45-17-8-7-15-43(45)46-18-12-19-47-44-16-9-10-20-49(44)63(51)56(46)47/h7-35H,36H2,1-6H3. The zero-order valence-corrected chi connectivity index (χ0v) is 37.1. The first kappa shape index (κ1) is 38.1. The highest BCUT2D eigenvalue weighted by Gasteiger charge is 2.29. The topological polar surface area (TPSA) is 38.5 Å². The maximum absolute atomic E-state index is 6.81. The van der Waals surface area contributed by atoms with Crippen LogP contribution in [0.15, 0.2) is 176 Å². The van der Waals surface area contributed by atoms with E-state index >= 15 is 0 Å². The normalized spacial score (nSPS) is 13.6. The van der Waals surface area contributed by atoms with E-state index in [0.29, 0.717) is 6.67 Å². The Hall–Kier alpha value is -7.57. The van der Waals surface area contributed by atoms with Gasteiger partial charge in [0.25, 0.3) is 0 Å². The van der Waals surface area contributed by atoms with E-state index in [4.69, 9.17) is 9.72 Å². The van der Waals surface area contributed by atoms with E-state index in [0.717, 1.165) is 39.4 Å². The summed E-state index contributed by atoms with van der Waals surface area (Å²) in [6.45, 7) is 14.2. The Bertz CT molecular complexity index is 3540. The van der Waals surface area contributed by atoms with Gasteiger partial charge in [0.1, 0.15) is 17.3 Å². The number of hydrogen-bond donors (Lipinski definition) is 0. The molecular weight excluding hydrogens is 783 g/mol. The largest absolute Gasteiger partial charge is 0.457 e. The summed E-state index contributed by atoms with van der Waals surface area (Å²) in [6.07, 6.45) is 6.24. The molecule has 0 unspecified atom stereocenters. The molecule has 2 aliphatic rings. The number of anilines is 2. The van der Waals surface area contributed by atoms with E-state index in [2.05, 4.69) is 225 Å². The molecule has 0 spiro atoms. The first-order valence-corrected chi connectivity index (χ1v) is 22.3. The van der Waals surface area contributed by atoms with Crippen molar-refractivity contribution in [3.63, 3.8) is 0 Å². The summed E-state index contributed by atoms with van der Waals surface area (Å²) < 4.78 is 11.7. The minimum Gasteiger partial charge on any atom is -0.457 e. The van der Waals surface area contributed by atoms with Crippen molar-refractivity contribution >= 4 is 55.0 Å². The molecule has 3 aromatic heterocycles. The number of rotatable bonds is 5. The predicted molar refractivity (Wildman–Crippen MR) is 267 cm³/mol. The van der Waals surface area contributed by atoms with Crippen molar-refractivity contribution in [3.8, 4) is 45.3 Å². The molecule has 6 heteroatoms. The second-order valence-corrected chi connectivity index (χ2v) is 19.4. The van der Waals surface area contributed by atoms with Crippen LogP contribution in [-0.2, 0) is 10.8 Å². The van der Waals surface area contributed by atoms with Gasteiger partial charge in [0.15, 0.2) is 0 Å². The number of pyridine rings is 1. The lowest BCUT2D eigenvalue weighted by molar-refractivity contribution is 0.483. The summed E-state index contributed by atoms with van der Waals surface area (Å²) in [5.41, 5.74) is 15.5. The molecule has 0 atom stereocenters. The predicted octanol–water partition coefficient (Wildman–Crippen LogP) is 15.1. The molecule has 7 aromatic carbocycles. The fourth-order valence-corrected chi connectivity index (χ4v) is 10.0. The van der Waals surface area contributed by atoms with Crippen molar-refractivity contribution < 1.29 is 4.74 Å². The van der Waals surface area contributed by atoms with Gasteiger partial charge in [-0.05, 0) is 99.8 Å². The fourth-order valence-electron chi connectivity index (χ4n) is 10.0. The summed E-state index contributed by atoms with van der Waals surface area (Å²) in [5, 5.41) is 4.84. The summed E-state index contributed by atoms with van der Waals surface area (Å²) in [7, 11) is 0. The molecule has 0 radical (unpaired) electrons. The lowest BCUT2D eigenvalue weighted by atomic mass is 9.87.